The lowest BCUT2D eigenvalue weighted by molar-refractivity contribution is 0.0744. The molecule has 3 fully saturated rings. The molecule has 2 aliphatic heterocycles. The maximum Gasteiger partial charge on any atom is 0.0259 e. The Kier molecular flexibility index (Phi) is 4.19. The Morgan fingerprint density at radius 1 is 1.00 bits per heavy atom. The summed E-state index contributed by atoms with van der Waals surface area (Å²) in [6.45, 7) is 6.00. The van der Waals surface area contributed by atoms with Crippen LogP contribution in [0.3, 0.4) is 0 Å². The van der Waals surface area contributed by atoms with Crippen LogP contribution in [0.25, 0.3) is 0 Å². The van der Waals surface area contributed by atoms with Crippen LogP contribution in [-0.2, 0) is 0 Å². The van der Waals surface area contributed by atoms with Crippen molar-refractivity contribution in [3.8, 4) is 0 Å². The molecule has 0 amide bonds. The van der Waals surface area contributed by atoms with Crippen molar-refractivity contribution in [1.82, 2.24) is 20.7 Å². The van der Waals surface area contributed by atoms with E-state index in [1.807, 2.05) is 0 Å². The summed E-state index contributed by atoms with van der Waals surface area (Å²) in [5, 5.41) is 6.18. The quantitative estimate of drug-likeness (QED) is 0.772. The minimum atomic E-state index is 0.726. The highest BCUT2D eigenvalue weighted by Crippen LogP contribution is 2.32. The third kappa shape index (κ3) is 2.87. The summed E-state index contributed by atoms with van der Waals surface area (Å²) >= 11 is 0. The van der Waals surface area contributed by atoms with E-state index in [4.69, 9.17) is 0 Å². The molecule has 4 heteroatoms. The van der Waals surface area contributed by atoms with Crippen molar-refractivity contribution in [2.45, 2.75) is 44.2 Å². The van der Waals surface area contributed by atoms with Gasteiger partial charge >= 0.3 is 0 Å². The van der Waals surface area contributed by atoms with Crippen molar-refractivity contribution in [3.05, 3.63) is 0 Å². The SMILES string of the molecule is CN1CCN(NC2CCCC2C2CCCN2)CC1. The van der Waals surface area contributed by atoms with Gasteiger partial charge in [0.05, 0.1) is 0 Å². The predicted molar refractivity (Wildman–Crippen MR) is 74.4 cm³/mol. The average Bonchev–Trinajstić information content (AvgIpc) is 3.02. The van der Waals surface area contributed by atoms with Crippen LogP contribution in [-0.4, -0.2) is 61.8 Å². The molecule has 3 rings (SSSR count). The fourth-order valence-corrected chi connectivity index (χ4v) is 3.88. The van der Waals surface area contributed by atoms with Gasteiger partial charge in [0, 0.05) is 38.3 Å². The molecule has 18 heavy (non-hydrogen) atoms. The second-order valence-electron chi connectivity index (χ2n) is 6.32. The topological polar surface area (TPSA) is 30.5 Å². The van der Waals surface area contributed by atoms with Gasteiger partial charge in [-0.15, -0.1) is 0 Å². The minimum absolute atomic E-state index is 0.726. The van der Waals surface area contributed by atoms with Crippen LogP contribution in [0.2, 0.25) is 0 Å². The molecule has 2 heterocycles. The molecular formula is C14H28N4. The lowest BCUT2D eigenvalue weighted by Crippen LogP contribution is -2.55. The van der Waals surface area contributed by atoms with Crippen LogP contribution in [0.5, 0.6) is 0 Å². The number of hydrogen-bond donors (Lipinski definition) is 2. The van der Waals surface area contributed by atoms with Crippen LogP contribution in [0, 0.1) is 5.92 Å². The van der Waals surface area contributed by atoms with Crippen LogP contribution >= 0.6 is 0 Å². The number of hydrogen-bond acceptors (Lipinski definition) is 4. The number of piperazine rings is 1. The Morgan fingerprint density at radius 2 is 1.83 bits per heavy atom. The third-order valence-electron chi connectivity index (χ3n) is 5.04. The highest BCUT2D eigenvalue weighted by atomic mass is 15.5. The fraction of sp³-hybridized carbons (Fsp3) is 1.00. The molecule has 104 valence electrons. The van der Waals surface area contributed by atoms with Crippen molar-refractivity contribution in [1.29, 1.82) is 0 Å². The van der Waals surface area contributed by atoms with Gasteiger partial charge in [0.1, 0.15) is 0 Å². The maximum atomic E-state index is 3.83. The minimum Gasteiger partial charge on any atom is -0.314 e. The number of likely N-dealkylation sites (N-methyl/N-ethyl adjacent to an activating group) is 1. The van der Waals surface area contributed by atoms with Gasteiger partial charge in [-0.25, -0.2) is 5.01 Å². The van der Waals surface area contributed by atoms with Gasteiger partial charge in [-0.2, -0.15) is 0 Å². The summed E-state index contributed by atoms with van der Waals surface area (Å²) in [7, 11) is 2.22. The first-order valence-electron chi connectivity index (χ1n) is 7.76. The van der Waals surface area contributed by atoms with Gasteiger partial charge in [-0.3, -0.25) is 5.43 Å². The maximum absolute atomic E-state index is 3.83. The molecule has 0 aromatic heterocycles. The molecule has 2 N–H and O–H groups in total. The zero-order chi connectivity index (χ0) is 12.4. The van der Waals surface area contributed by atoms with E-state index in [0.717, 1.165) is 18.0 Å². The summed E-state index contributed by atoms with van der Waals surface area (Å²) in [4.78, 5) is 2.42. The van der Waals surface area contributed by atoms with Crippen LogP contribution in [0.1, 0.15) is 32.1 Å². The fourth-order valence-electron chi connectivity index (χ4n) is 3.88. The molecule has 0 aromatic carbocycles. The second kappa shape index (κ2) is 5.87. The molecular weight excluding hydrogens is 224 g/mol. The number of nitrogens with zero attached hydrogens (tertiary/aromatic N) is 2. The van der Waals surface area contributed by atoms with E-state index in [1.54, 1.807) is 0 Å². The van der Waals surface area contributed by atoms with E-state index in [1.165, 1.54) is 64.8 Å². The van der Waals surface area contributed by atoms with Gasteiger partial charge in [0.25, 0.3) is 0 Å². The Balaban J connectivity index is 1.51. The molecule has 0 aromatic rings. The Hall–Kier alpha value is -0.160. The molecule has 0 spiro atoms. The van der Waals surface area contributed by atoms with E-state index in [-0.39, 0.29) is 0 Å². The van der Waals surface area contributed by atoms with Gasteiger partial charge in [0.2, 0.25) is 0 Å². The number of nitrogens with one attached hydrogen (secondary N) is 2. The monoisotopic (exact) mass is 252 g/mol. The highest BCUT2D eigenvalue weighted by Gasteiger charge is 2.35. The molecule has 1 aliphatic carbocycles. The Bertz CT molecular complexity index is 257. The summed E-state index contributed by atoms with van der Waals surface area (Å²) in [5.41, 5.74) is 3.83. The van der Waals surface area contributed by atoms with Crippen molar-refractivity contribution in [3.63, 3.8) is 0 Å². The molecule has 0 radical (unpaired) electrons. The molecule has 2 saturated heterocycles. The first kappa shape index (κ1) is 12.9. The van der Waals surface area contributed by atoms with Crippen LogP contribution in [0.15, 0.2) is 0 Å². The molecule has 3 aliphatic rings. The third-order valence-corrected chi connectivity index (χ3v) is 5.04. The lowest BCUT2D eigenvalue weighted by Gasteiger charge is -2.37. The molecule has 3 atom stereocenters. The standard InChI is InChI=1S/C14H28N4/c1-17-8-10-18(11-9-17)16-14-5-2-4-12(14)13-6-3-7-15-13/h12-16H,2-11H2,1H3. The zero-order valence-corrected chi connectivity index (χ0v) is 11.7. The lowest BCUT2D eigenvalue weighted by atomic mass is 9.93. The molecule has 3 unspecified atom stereocenters. The van der Waals surface area contributed by atoms with Crippen molar-refractivity contribution in [2.24, 2.45) is 5.92 Å². The average molecular weight is 252 g/mol. The van der Waals surface area contributed by atoms with E-state index in [0.29, 0.717) is 0 Å². The zero-order valence-electron chi connectivity index (χ0n) is 11.7. The number of hydrazine groups is 1. The smallest absolute Gasteiger partial charge is 0.0259 e. The Labute approximate surface area is 111 Å². The highest BCUT2D eigenvalue weighted by molar-refractivity contribution is 4.93. The normalized spacial score (nSPS) is 39.5. The summed E-state index contributed by atoms with van der Waals surface area (Å²) in [6.07, 6.45) is 6.97. The first-order valence-corrected chi connectivity index (χ1v) is 7.76. The largest absolute Gasteiger partial charge is 0.314 e. The van der Waals surface area contributed by atoms with E-state index in [2.05, 4.69) is 27.7 Å². The summed E-state index contributed by atoms with van der Waals surface area (Å²) < 4.78 is 0. The van der Waals surface area contributed by atoms with E-state index >= 15 is 0 Å². The summed E-state index contributed by atoms with van der Waals surface area (Å²) in [5.74, 6) is 0.868. The van der Waals surface area contributed by atoms with Crippen molar-refractivity contribution < 1.29 is 0 Å². The second-order valence-corrected chi connectivity index (χ2v) is 6.32. The van der Waals surface area contributed by atoms with E-state index < -0.39 is 0 Å². The van der Waals surface area contributed by atoms with Gasteiger partial charge < -0.3 is 10.2 Å². The van der Waals surface area contributed by atoms with Crippen molar-refractivity contribution >= 4 is 0 Å². The Morgan fingerprint density at radius 3 is 2.56 bits per heavy atom. The van der Waals surface area contributed by atoms with E-state index in [9.17, 15) is 0 Å². The van der Waals surface area contributed by atoms with Gasteiger partial charge in [-0.1, -0.05) is 6.42 Å². The van der Waals surface area contributed by atoms with Gasteiger partial charge in [0.15, 0.2) is 0 Å². The summed E-state index contributed by atoms with van der Waals surface area (Å²) in [6, 6.07) is 1.52. The van der Waals surface area contributed by atoms with Crippen LogP contribution < -0.4 is 10.7 Å². The van der Waals surface area contributed by atoms with Crippen molar-refractivity contribution in [2.75, 3.05) is 39.8 Å². The van der Waals surface area contributed by atoms with Gasteiger partial charge in [-0.05, 0) is 45.2 Å². The molecule has 4 nitrogen and oxygen atoms in total. The number of rotatable bonds is 3. The molecule has 0 bridgehead atoms. The van der Waals surface area contributed by atoms with Crippen LogP contribution in [0.4, 0.5) is 0 Å². The first-order chi connectivity index (χ1) is 8.83. The molecule has 1 saturated carbocycles. The predicted octanol–water partition coefficient (Wildman–Crippen LogP) is 0.659.